The van der Waals surface area contributed by atoms with Crippen molar-refractivity contribution in [2.45, 2.75) is 19.9 Å². The third-order valence-electron chi connectivity index (χ3n) is 3.92. The second-order valence-corrected chi connectivity index (χ2v) is 6.01. The normalized spacial score (nSPS) is 11.4. The van der Waals surface area contributed by atoms with Crippen LogP contribution in [0.4, 0.5) is 4.39 Å². The number of nitrogens with one attached hydrogen (secondary N) is 2. The molecule has 0 saturated heterocycles. The summed E-state index contributed by atoms with van der Waals surface area (Å²) >= 11 is 0. The van der Waals surface area contributed by atoms with Crippen molar-refractivity contribution in [1.29, 1.82) is 0 Å². The zero-order chi connectivity index (χ0) is 18.9. The van der Waals surface area contributed by atoms with Crippen molar-refractivity contribution in [3.05, 3.63) is 77.9 Å². The van der Waals surface area contributed by atoms with E-state index in [0.717, 1.165) is 29.3 Å². The first kappa shape index (κ1) is 18.6. The number of aliphatic imine (C=N–C) groups is 1. The molecule has 0 aliphatic carbocycles. The summed E-state index contributed by atoms with van der Waals surface area (Å²) in [7, 11) is 0. The van der Waals surface area contributed by atoms with Gasteiger partial charge < -0.3 is 15.1 Å². The molecule has 27 heavy (non-hydrogen) atoms. The van der Waals surface area contributed by atoms with Gasteiger partial charge in [0.1, 0.15) is 12.1 Å². The highest BCUT2D eigenvalue weighted by molar-refractivity contribution is 5.79. The van der Waals surface area contributed by atoms with Crippen LogP contribution in [-0.4, -0.2) is 24.0 Å². The van der Waals surface area contributed by atoms with Gasteiger partial charge in [-0.3, -0.25) is 0 Å². The SMILES string of the molecule is CCNC(=NCc1ccccc1)NCCc1coc(-c2ccc(F)cc2)n1. The van der Waals surface area contributed by atoms with Crippen LogP contribution >= 0.6 is 0 Å². The first-order valence-electron chi connectivity index (χ1n) is 9.01. The van der Waals surface area contributed by atoms with E-state index in [2.05, 4.69) is 32.7 Å². The van der Waals surface area contributed by atoms with Crippen LogP contribution in [0.25, 0.3) is 11.5 Å². The minimum atomic E-state index is -0.277. The van der Waals surface area contributed by atoms with E-state index in [1.165, 1.54) is 12.1 Å². The smallest absolute Gasteiger partial charge is 0.226 e. The Morgan fingerprint density at radius 2 is 1.85 bits per heavy atom. The van der Waals surface area contributed by atoms with Crippen LogP contribution in [0.2, 0.25) is 0 Å². The van der Waals surface area contributed by atoms with E-state index in [1.807, 2.05) is 25.1 Å². The lowest BCUT2D eigenvalue weighted by Crippen LogP contribution is -2.38. The number of hydrogen-bond donors (Lipinski definition) is 2. The Kier molecular flexibility index (Phi) is 6.57. The Morgan fingerprint density at radius 3 is 2.59 bits per heavy atom. The standard InChI is InChI=1S/C21H23FN4O/c1-2-23-21(25-14-16-6-4-3-5-7-16)24-13-12-19-15-27-20(26-19)17-8-10-18(22)11-9-17/h3-11,15H,2,12-14H2,1H3,(H2,23,24,25). The molecule has 2 N–H and O–H groups in total. The molecule has 0 amide bonds. The average molecular weight is 366 g/mol. The molecular weight excluding hydrogens is 343 g/mol. The van der Waals surface area contributed by atoms with Crippen molar-refractivity contribution in [3.8, 4) is 11.5 Å². The van der Waals surface area contributed by atoms with Crippen LogP contribution < -0.4 is 10.6 Å². The Labute approximate surface area is 158 Å². The van der Waals surface area contributed by atoms with E-state index in [1.54, 1.807) is 18.4 Å². The molecule has 0 bridgehead atoms. The van der Waals surface area contributed by atoms with Gasteiger partial charge >= 0.3 is 0 Å². The van der Waals surface area contributed by atoms with Gasteiger partial charge in [0, 0.05) is 25.1 Å². The summed E-state index contributed by atoms with van der Waals surface area (Å²) < 4.78 is 18.5. The van der Waals surface area contributed by atoms with Crippen molar-refractivity contribution >= 4 is 5.96 Å². The molecule has 0 spiro atoms. The highest BCUT2D eigenvalue weighted by atomic mass is 19.1. The Hall–Kier alpha value is -3.15. The monoisotopic (exact) mass is 366 g/mol. The lowest BCUT2D eigenvalue weighted by Gasteiger charge is -2.10. The molecule has 0 fully saturated rings. The zero-order valence-corrected chi connectivity index (χ0v) is 15.3. The van der Waals surface area contributed by atoms with Gasteiger partial charge in [-0.15, -0.1) is 0 Å². The lowest BCUT2D eigenvalue weighted by molar-refractivity contribution is 0.571. The number of hydrogen-bond acceptors (Lipinski definition) is 3. The molecule has 0 atom stereocenters. The fourth-order valence-electron chi connectivity index (χ4n) is 2.55. The van der Waals surface area contributed by atoms with Gasteiger partial charge in [0.15, 0.2) is 5.96 Å². The molecule has 1 heterocycles. The fourth-order valence-corrected chi connectivity index (χ4v) is 2.55. The van der Waals surface area contributed by atoms with Gasteiger partial charge in [-0.05, 0) is 36.8 Å². The quantitative estimate of drug-likeness (QED) is 0.493. The highest BCUT2D eigenvalue weighted by Crippen LogP contribution is 2.18. The minimum absolute atomic E-state index is 0.277. The maximum absolute atomic E-state index is 13.0. The van der Waals surface area contributed by atoms with E-state index in [4.69, 9.17) is 4.42 Å². The molecule has 140 valence electrons. The van der Waals surface area contributed by atoms with Gasteiger partial charge in [0.2, 0.25) is 5.89 Å². The zero-order valence-electron chi connectivity index (χ0n) is 15.3. The van der Waals surface area contributed by atoms with Crippen LogP contribution in [0.1, 0.15) is 18.2 Å². The van der Waals surface area contributed by atoms with Gasteiger partial charge in [-0.2, -0.15) is 0 Å². The van der Waals surface area contributed by atoms with Gasteiger partial charge in [0.25, 0.3) is 0 Å². The Morgan fingerprint density at radius 1 is 1.07 bits per heavy atom. The predicted molar refractivity (Wildman–Crippen MR) is 105 cm³/mol. The summed E-state index contributed by atoms with van der Waals surface area (Å²) in [5, 5.41) is 6.54. The molecule has 0 radical (unpaired) electrons. The number of guanidine groups is 1. The molecule has 5 nitrogen and oxygen atoms in total. The van der Waals surface area contributed by atoms with Gasteiger partial charge in [-0.1, -0.05) is 30.3 Å². The molecular formula is C21H23FN4O. The third-order valence-corrected chi connectivity index (χ3v) is 3.92. The molecule has 6 heteroatoms. The van der Waals surface area contributed by atoms with Crippen LogP contribution in [0.3, 0.4) is 0 Å². The summed E-state index contributed by atoms with van der Waals surface area (Å²) in [5.41, 5.74) is 2.75. The topological polar surface area (TPSA) is 62.5 Å². The molecule has 0 aliphatic rings. The van der Waals surface area contributed by atoms with Gasteiger partial charge in [-0.25, -0.2) is 14.4 Å². The number of nitrogens with zero attached hydrogens (tertiary/aromatic N) is 2. The van der Waals surface area contributed by atoms with E-state index in [-0.39, 0.29) is 5.82 Å². The van der Waals surface area contributed by atoms with Crippen molar-refractivity contribution < 1.29 is 8.81 Å². The summed E-state index contributed by atoms with van der Waals surface area (Å²) in [5.74, 6) is 0.985. The molecule has 2 aromatic carbocycles. The number of aromatic nitrogens is 1. The van der Waals surface area contributed by atoms with Crippen molar-refractivity contribution in [3.63, 3.8) is 0 Å². The van der Waals surface area contributed by atoms with E-state index >= 15 is 0 Å². The molecule has 0 aliphatic heterocycles. The van der Waals surface area contributed by atoms with E-state index in [9.17, 15) is 4.39 Å². The van der Waals surface area contributed by atoms with Crippen LogP contribution in [0.5, 0.6) is 0 Å². The van der Waals surface area contributed by atoms with Gasteiger partial charge in [0.05, 0.1) is 12.2 Å². The van der Waals surface area contributed by atoms with Crippen LogP contribution in [-0.2, 0) is 13.0 Å². The first-order valence-corrected chi connectivity index (χ1v) is 9.01. The summed E-state index contributed by atoms with van der Waals surface area (Å²) in [6.45, 7) is 4.12. The maximum Gasteiger partial charge on any atom is 0.226 e. The van der Waals surface area contributed by atoms with Crippen LogP contribution in [0, 0.1) is 5.82 Å². The molecule has 3 rings (SSSR count). The molecule has 0 saturated carbocycles. The largest absolute Gasteiger partial charge is 0.444 e. The summed E-state index contributed by atoms with van der Waals surface area (Å²) in [6.07, 6.45) is 2.33. The first-order chi connectivity index (χ1) is 13.2. The minimum Gasteiger partial charge on any atom is -0.444 e. The third kappa shape index (κ3) is 5.67. The second kappa shape index (κ2) is 9.52. The highest BCUT2D eigenvalue weighted by Gasteiger charge is 2.07. The Balaban J connectivity index is 1.53. The van der Waals surface area contributed by atoms with Crippen LogP contribution in [0.15, 0.2) is 70.3 Å². The number of halogens is 1. The van der Waals surface area contributed by atoms with Crippen molar-refractivity contribution in [2.24, 2.45) is 4.99 Å². The maximum atomic E-state index is 13.0. The van der Waals surface area contributed by atoms with E-state index in [0.29, 0.717) is 25.4 Å². The average Bonchev–Trinajstić information content (AvgIpc) is 3.16. The van der Waals surface area contributed by atoms with E-state index < -0.39 is 0 Å². The van der Waals surface area contributed by atoms with Crippen molar-refractivity contribution in [2.75, 3.05) is 13.1 Å². The number of benzene rings is 2. The molecule has 0 unspecified atom stereocenters. The predicted octanol–water partition coefficient (Wildman–Crippen LogP) is 3.78. The number of oxazole rings is 1. The van der Waals surface area contributed by atoms with Crippen molar-refractivity contribution in [1.82, 2.24) is 15.6 Å². The summed E-state index contributed by atoms with van der Waals surface area (Å²) in [6, 6.07) is 16.2. The number of rotatable bonds is 7. The second-order valence-electron chi connectivity index (χ2n) is 6.01. The Bertz CT molecular complexity index is 859. The lowest BCUT2D eigenvalue weighted by atomic mass is 10.2. The fraction of sp³-hybridized carbons (Fsp3) is 0.238. The molecule has 3 aromatic rings. The molecule has 1 aromatic heterocycles. The summed E-state index contributed by atoms with van der Waals surface area (Å²) in [4.78, 5) is 9.05.